The lowest BCUT2D eigenvalue weighted by atomic mass is 10.1. The van der Waals surface area contributed by atoms with E-state index in [1.54, 1.807) is 13.0 Å². The Morgan fingerprint density at radius 2 is 2.12 bits per heavy atom. The number of thiophene rings is 1. The Morgan fingerprint density at radius 1 is 1.50 bits per heavy atom. The molecule has 0 aliphatic heterocycles. The van der Waals surface area contributed by atoms with Crippen molar-refractivity contribution in [1.29, 1.82) is 0 Å². The third kappa shape index (κ3) is 3.24. The highest BCUT2D eigenvalue weighted by Crippen LogP contribution is 2.24. The van der Waals surface area contributed by atoms with Gasteiger partial charge in [0.2, 0.25) is 0 Å². The van der Waals surface area contributed by atoms with E-state index in [9.17, 15) is 10.1 Å². The Labute approximate surface area is 96.7 Å². The van der Waals surface area contributed by atoms with E-state index in [0.29, 0.717) is 6.54 Å². The number of nitro groups is 1. The van der Waals surface area contributed by atoms with Gasteiger partial charge >= 0.3 is 5.00 Å². The van der Waals surface area contributed by atoms with Gasteiger partial charge < -0.3 is 15.5 Å². The van der Waals surface area contributed by atoms with Gasteiger partial charge in [0.05, 0.1) is 23.7 Å². The molecule has 0 saturated heterocycles. The molecule has 90 valence electrons. The van der Waals surface area contributed by atoms with Gasteiger partial charge in [-0.05, 0) is 13.0 Å². The Morgan fingerprint density at radius 3 is 2.56 bits per heavy atom. The van der Waals surface area contributed by atoms with Crippen LogP contribution >= 0.6 is 11.3 Å². The van der Waals surface area contributed by atoms with Crippen LogP contribution in [0.5, 0.6) is 0 Å². The molecule has 0 amide bonds. The highest BCUT2D eigenvalue weighted by molar-refractivity contribution is 7.15. The SMILES string of the molecule is CC(CO)(CO)NCc1ccc([N+](=O)[O-])s1. The molecule has 7 heteroatoms. The van der Waals surface area contributed by atoms with Crippen molar-refractivity contribution >= 4 is 16.3 Å². The lowest BCUT2D eigenvalue weighted by molar-refractivity contribution is -0.380. The van der Waals surface area contributed by atoms with Gasteiger partial charge in [0, 0.05) is 17.5 Å². The summed E-state index contributed by atoms with van der Waals surface area (Å²) in [5, 5.41) is 31.5. The number of rotatable bonds is 6. The minimum absolute atomic E-state index is 0.0894. The van der Waals surface area contributed by atoms with E-state index in [-0.39, 0.29) is 18.2 Å². The van der Waals surface area contributed by atoms with Crippen LogP contribution in [0.1, 0.15) is 11.8 Å². The molecule has 0 aliphatic carbocycles. The smallest absolute Gasteiger partial charge is 0.324 e. The van der Waals surface area contributed by atoms with Gasteiger partial charge in [-0.3, -0.25) is 10.1 Å². The van der Waals surface area contributed by atoms with Gasteiger partial charge in [-0.2, -0.15) is 0 Å². The lowest BCUT2D eigenvalue weighted by Crippen LogP contribution is -2.48. The van der Waals surface area contributed by atoms with Crippen molar-refractivity contribution < 1.29 is 15.1 Å². The maximum absolute atomic E-state index is 10.4. The van der Waals surface area contributed by atoms with Gasteiger partial charge in [0.15, 0.2) is 0 Å². The zero-order valence-electron chi connectivity index (χ0n) is 8.84. The van der Waals surface area contributed by atoms with E-state index in [1.165, 1.54) is 6.07 Å². The molecule has 6 nitrogen and oxygen atoms in total. The summed E-state index contributed by atoms with van der Waals surface area (Å²) < 4.78 is 0. The zero-order chi connectivity index (χ0) is 12.2. The fourth-order valence-electron chi connectivity index (χ4n) is 1.02. The van der Waals surface area contributed by atoms with E-state index in [2.05, 4.69) is 5.32 Å². The molecule has 0 bridgehead atoms. The van der Waals surface area contributed by atoms with Crippen molar-refractivity contribution in [2.75, 3.05) is 13.2 Å². The van der Waals surface area contributed by atoms with Crippen LogP contribution in [0.25, 0.3) is 0 Å². The first-order chi connectivity index (χ1) is 7.50. The summed E-state index contributed by atoms with van der Waals surface area (Å²) in [7, 11) is 0. The summed E-state index contributed by atoms with van der Waals surface area (Å²) in [4.78, 5) is 10.8. The topological polar surface area (TPSA) is 95.6 Å². The normalized spacial score (nSPS) is 11.7. The molecule has 16 heavy (non-hydrogen) atoms. The van der Waals surface area contributed by atoms with Crippen LogP contribution in [-0.4, -0.2) is 33.9 Å². The number of hydrogen-bond donors (Lipinski definition) is 3. The van der Waals surface area contributed by atoms with Gasteiger partial charge in [-0.25, -0.2) is 0 Å². The quantitative estimate of drug-likeness (QED) is 0.501. The van der Waals surface area contributed by atoms with E-state index < -0.39 is 10.5 Å². The Hall–Kier alpha value is -1.02. The summed E-state index contributed by atoms with van der Waals surface area (Å²) in [6.07, 6.45) is 0. The van der Waals surface area contributed by atoms with Crippen LogP contribution in [-0.2, 0) is 6.54 Å². The molecule has 1 aromatic heterocycles. The molecule has 0 saturated carbocycles. The second-order valence-electron chi connectivity index (χ2n) is 3.73. The van der Waals surface area contributed by atoms with E-state index >= 15 is 0 Å². The molecule has 1 aromatic rings. The number of hydrogen-bond acceptors (Lipinski definition) is 6. The fraction of sp³-hybridized carbons (Fsp3) is 0.556. The Bertz CT molecular complexity index is 362. The van der Waals surface area contributed by atoms with Crippen molar-refractivity contribution in [2.45, 2.75) is 19.0 Å². The number of aliphatic hydroxyl groups is 2. The molecular formula is C9H14N2O4S. The summed E-state index contributed by atoms with van der Waals surface area (Å²) in [6, 6.07) is 3.10. The van der Waals surface area contributed by atoms with Gasteiger partial charge in [0.25, 0.3) is 0 Å². The van der Waals surface area contributed by atoms with E-state index in [4.69, 9.17) is 10.2 Å². The molecule has 3 N–H and O–H groups in total. The second kappa shape index (κ2) is 5.35. The van der Waals surface area contributed by atoms with E-state index in [1.807, 2.05) is 0 Å². The van der Waals surface area contributed by atoms with E-state index in [0.717, 1.165) is 16.2 Å². The van der Waals surface area contributed by atoms with Crippen LogP contribution in [0.2, 0.25) is 0 Å². The van der Waals surface area contributed by atoms with Crippen molar-refractivity contribution in [2.24, 2.45) is 0 Å². The fourth-order valence-corrected chi connectivity index (χ4v) is 1.78. The molecule has 0 unspecified atom stereocenters. The van der Waals surface area contributed by atoms with Crippen LogP contribution in [0.3, 0.4) is 0 Å². The molecule has 0 spiro atoms. The van der Waals surface area contributed by atoms with Crippen LogP contribution in [0.4, 0.5) is 5.00 Å². The van der Waals surface area contributed by atoms with Crippen LogP contribution in [0, 0.1) is 10.1 Å². The third-order valence-electron chi connectivity index (χ3n) is 2.21. The molecule has 1 rings (SSSR count). The Balaban J connectivity index is 2.57. The molecule has 0 fully saturated rings. The summed E-state index contributed by atoms with van der Waals surface area (Å²) in [6.45, 7) is 1.67. The number of aliphatic hydroxyl groups excluding tert-OH is 2. The molecule has 0 aliphatic rings. The molecular weight excluding hydrogens is 232 g/mol. The largest absolute Gasteiger partial charge is 0.394 e. The van der Waals surface area contributed by atoms with Gasteiger partial charge in [0.1, 0.15) is 0 Å². The molecule has 1 heterocycles. The van der Waals surface area contributed by atoms with Gasteiger partial charge in [-0.15, -0.1) is 0 Å². The summed E-state index contributed by atoms with van der Waals surface area (Å²) >= 11 is 1.08. The first-order valence-electron chi connectivity index (χ1n) is 4.70. The average molecular weight is 246 g/mol. The molecule has 0 radical (unpaired) electrons. The highest BCUT2D eigenvalue weighted by Gasteiger charge is 2.21. The summed E-state index contributed by atoms with van der Waals surface area (Å²) in [5.74, 6) is 0. The second-order valence-corrected chi connectivity index (χ2v) is 4.87. The van der Waals surface area contributed by atoms with Crippen molar-refractivity contribution in [3.8, 4) is 0 Å². The number of nitrogens with zero attached hydrogens (tertiary/aromatic N) is 1. The first-order valence-corrected chi connectivity index (χ1v) is 5.52. The van der Waals surface area contributed by atoms with Gasteiger partial charge in [-0.1, -0.05) is 11.3 Å². The predicted molar refractivity (Wildman–Crippen MR) is 60.4 cm³/mol. The van der Waals surface area contributed by atoms with Crippen LogP contribution < -0.4 is 5.32 Å². The standard InChI is InChI=1S/C9H14N2O4S/c1-9(5-12,6-13)10-4-7-2-3-8(16-7)11(14)15/h2-3,10,12-13H,4-6H2,1H3. The monoisotopic (exact) mass is 246 g/mol. The van der Waals surface area contributed by atoms with Crippen molar-refractivity contribution in [1.82, 2.24) is 5.32 Å². The van der Waals surface area contributed by atoms with Crippen molar-refractivity contribution in [3.63, 3.8) is 0 Å². The predicted octanol–water partition coefficient (Wildman–Crippen LogP) is 0.489. The van der Waals surface area contributed by atoms with Crippen molar-refractivity contribution in [3.05, 3.63) is 27.1 Å². The maximum atomic E-state index is 10.4. The minimum Gasteiger partial charge on any atom is -0.394 e. The van der Waals surface area contributed by atoms with Crippen LogP contribution in [0.15, 0.2) is 12.1 Å². The minimum atomic E-state index is -0.765. The number of nitrogens with one attached hydrogen (secondary N) is 1. The average Bonchev–Trinajstić information content (AvgIpc) is 2.75. The lowest BCUT2D eigenvalue weighted by Gasteiger charge is -2.25. The first kappa shape index (κ1) is 13.0. The highest BCUT2D eigenvalue weighted by atomic mass is 32.1. The Kier molecular flexibility index (Phi) is 4.36. The third-order valence-corrected chi connectivity index (χ3v) is 3.25. The molecule has 0 aromatic carbocycles. The molecule has 0 atom stereocenters. The maximum Gasteiger partial charge on any atom is 0.324 e. The summed E-state index contributed by atoms with van der Waals surface area (Å²) in [5.41, 5.74) is -0.765. The zero-order valence-corrected chi connectivity index (χ0v) is 9.66.